The number of nitrogens with one attached hydrogen (secondary N) is 1. The van der Waals surface area contributed by atoms with Crippen molar-refractivity contribution in [2.75, 3.05) is 6.50 Å². The zero-order valence-corrected chi connectivity index (χ0v) is 14.9. The molecule has 0 aromatic carbocycles. The summed E-state index contributed by atoms with van der Waals surface area (Å²) in [4.78, 5) is 22.0. The molecular weight excluding hydrogens is 290 g/mol. The molecule has 0 aliphatic carbocycles. The topological polar surface area (TPSA) is 66.4 Å². The fraction of sp³-hybridized carbons (Fsp3) is 0.895. The van der Waals surface area contributed by atoms with Crippen LogP contribution in [0.3, 0.4) is 0 Å². The van der Waals surface area contributed by atoms with Crippen LogP contribution in [0.4, 0.5) is 0 Å². The van der Waals surface area contributed by atoms with Gasteiger partial charge in [0.15, 0.2) is 0 Å². The highest BCUT2D eigenvalue weighted by molar-refractivity contribution is 5.80. The van der Waals surface area contributed by atoms with Crippen LogP contribution < -0.4 is 5.32 Å². The zero-order chi connectivity index (χ0) is 19.0. The van der Waals surface area contributed by atoms with Crippen LogP contribution in [0.15, 0.2) is 0 Å². The van der Waals surface area contributed by atoms with E-state index in [4.69, 9.17) is 7.85 Å². The molecular formula is C19H37NO3. The lowest BCUT2D eigenvalue weighted by atomic mass is 10.0. The van der Waals surface area contributed by atoms with Crippen molar-refractivity contribution in [3.63, 3.8) is 0 Å². The van der Waals surface area contributed by atoms with Gasteiger partial charge in [-0.05, 0) is 6.42 Å². The molecule has 0 aliphatic heterocycles. The van der Waals surface area contributed by atoms with Crippen molar-refractivity contribution in [3.8, 4) is 0 Å². The van der Waals surface area contributed by atoms with Crippen LogP contribution in [0, 0.1) is 0 Å². The molecule has 0 rings (SSSR count). The van der Waals surface area contributed by atoms with Gasteiger partial charge in [-0.15, -0.1) is 0 Å². The van der Waals surface area contributed by atoms with E-state index in [9.17, 15) is 9.59 Å². The van der Waals surface area contributed by atoms with Gasteiger partial charge in [-0.3, -0.25) is 9.59 Å². The average molecular weight is 330 g/mol. The molecule has 0 fully saturated rings. The summed E-state index contributed by atoms with van der Waals surface area (Å²) in [5, 5.41) is 10.5. The predicted octanol–water partition coefficient (Wildman–Crippen LogP) is 5.06. The van der Waals surface area contributed by atoms with E-state index in [1.54, 1.807) is 0 Å². The van der Waals surface area contributed by atoms with Gasteiger partial charge in [-0.25, -0.2) is 0 Å². The smallest absolute Gasteiger partial charge is 0.322 e. The first-order valence-electron chi connectivity index (χ1n) is 10.4. The van der Waals surface area contributed by atoms with Crippen molar-refractivity contribution >= 4 is 11.9 Å². The lowest BCUT2D eigenvalue weighted by Crippen LogP contribution is -2.28. The van der Waals surface area contributed by atoms with Crippen LogP contribution in [0.1, 0.15) is 106 Å². The summed E-state index contributed by atoms with van der Waals surface area (Å²) in [5.74, 6) is -2.20. The van der Waals surface area contributed by atoms with Crippen molar-refractivity contribution < 1.29 is 17.4 Å². The fourth-order valence-electron chi connectivity index (χ4n) is 2.67. The fourth-order valence-corrected chi connectivity index (χ4v) is 2.67. The normalized spacial score (nSPS) is 12.6. The molecule has 0 atom stereocenters. The number of carbonyl (C=O) groups excluding carboxylic acids is 1. The third kappa shape index (κ3) is 18.9. The van der Waals surface area contributed by atoms with Crippen molar-refractivity contribution in [1.82, 2.24) is 5.32 Å². The summed E-state index contributed by atoms with van der Waals surface area (Å²) >= 11 is 0. The van der Waals surface area contributed by atoms with Crippen molar-refractivity contribution in [3.05, 3.63) is 0 Å². The second kappa shape index (κ2) is 17.3. The third-order valence-corrected chi connectivity index (χ3v) is 4.07. The standard InChI is InChI=1S/C19H37NO3/c1-2-3-4-5-6-7-8-9-10-11-12-13-14-15-16-18(21)20-17-19(22)23/h2-17H2,1H3,(H,20,21)(H,22,23)/i17D2. The number of unbranched alkanes of at least 4 members (excludes halogenated alkanes) is 13. The Labute approximate surface area is 145 Å². The van der Waals surface area contributed by atoms with Gasteiger partial charge in [0.05, 0.1) is 2.74 Å². The van der Waals surface area contributed by atoms with Gasteiger partial charge in [-0.1, -0.05) is 90.4 Å². The number of hydrogen-bond donors (Lipinski definition) is 2. The molecule has 4 heteroatoms. The van der Waals surface area contributed by atoms with Gasteiger partial charge in [0.2, 0.25) is 5.91 Å². The molecule has 0 aromatic heterocycles. The average Bonchev–Trinajstić information content (AvgIpc) is 2.54. The Morgan fingerprint density at radius 1 is 0.783 bits per heavy atom. The lowest BCUT2D eigenvalue weighted by Gasteiger charge is -2.04. The number of carboxylic acids is 1. The molecule has 0 saturated carbocycles. The Morgan fingerprint density at radius 2 is 1.17 bits per heavy atom. The van der Waals surface area contributed by atoms with Gasteiger partial charge in [-0.2, -0.15) is 0 Å². The molecule has 0 heterocycles. The van der Waals surface area contributed by atoms with E-state index in [1.807, 2.05) is 5.32 Å². The number of aliphatic carboxylic acids is 1. The number of hydrogen-bond acceptors (Lipinski definition) is 2. The largest absolute Gasteiger partial charge is 0.480 e. The zero-order valence-electron chi connectivity index (χ0n) is 16.9. The SMILES string of the molecule is [2H]C([2H])(NC(=O)CCCCCCCCCCCCCCCC)C(=O)O. The highest BCUT2D eigenvalue weighted by Gasteiger charge is 2.03. The Hall–Kier alpha value is -1.06. The molecule has 23 heavy (non-hydrogen) atoms. The van der Waals surface area contributed by atoms with Crippen LogP contribution in [-0.2, 0) is 9.59 Å². The first-order valence-corrected chi connectivity index (χ1v) is 9.44. The summed E-state index contributed by atoms with van der Waals surface area (Å²) < 4.78 is 14.3. The Bertz CT molecular complexity index is 363. The third-order valence-electron chi connectivity index (χ3n) is 4.07. The first-order chi connectivity index (χ1) is 11.9. The molecule has 136 valence electrons. The summed E-state index contributed by atoms with van der Waals surface area (Å²) in [7, 11) is 0. The van der Waals surface area contributed by atoms with E-state index < -0.39 is 18.4 Å². The molecule has 0 bridgehead atoms. The van der Waals surface area contributed by atoms with E-state index in [0.29, 0.717) is 6.42 Å². The summed E-state index contributed by atoms with van der Waals surface area (Å²) in [5.41, 5.74) is 0. The highest BCUT2D eigenvalue weighted by atomic mass is 16.4. The number of carbonyl (C=O) groups is 2. The maximum Gasteiger partial charge on any atom is 0.322 e. The van der Waals surface area contributed by atoms with Crippen LogP contribution in [0.25, 0.3) is 0 Å². The first kappa shape index (κ1) is 18.3. The number of rotatable bonds is 17. The molecule has 4 nitrogen and oxygen atoms in total. The van der Waals surface area contributed by atoms with Crippen molar-refractivity contribution in [2.24, 2.45) is 0 Å². The molecule has 0 saturated heterocycles. The van der Waals surface area contributed by atoms with Gasteiger partial charge >= 0.3 is 5.97 Å². The maximum atomic E-state index is 11.5. The molecule has 0 radical (unpaired) electrons. The monoisotopic (exact) mass is 329 g/mol. The van der Waals surface area contributed by atoms with Crippen molar-refractivity contribution in [2.45, 2.75) is 103 Å². The minimum atomic E-state index is -2.67. The summed E-state index contributed by atoms with van der Waals surface area (Å²) in [6.07, 6.45) is 17.4. The lowest BCUT2D eigenvalue weighted by molar-refractivity contribution is -0.137. The highest BCUT2D eigenvalue weighted by Crippen LogP contribution is 2.13. The second-order valence-electron chi connectivity index (χ2n) is 6.32. The van der Waals surface area contributed by atoms with Crippen molar-refractivity contribution in [1.29, 1.82) is 0 Å². The van der Waals surface area contributed by atoms with Gasteiger partial charge in [0, 0.05) is 6.42 Å². The van der Waals surface area contributed by atoms with Crippen LogP contribution in [0.5, 0.6) is 0 Å². The van der Waals surface area contributed by atoms with Gasteiger partial charge < -0.3 is 10.4 Å². The Morgan fingerprint density at radius 3 is 1.57 bits per heavy atom. The molecule has 2 N–H and O–H groups in total. The Kier molecular flexibility index (Phi) is 13.7. The number of amides is 1. The number of carboxylic acid groups (broad SMARTS) is 1. The van der Waals surface area contributed by atoms with E-state index in [-0.39, 0.29) is 6.42 Å². The molecule has 0 aromatic rings. The molecule has 0 spiro atoms. The van der Waals surface area contributed by atoms with Crippen LogP contribution >= 0.6 is 0 Å². The minimum absolute atomic E-state index is 0.185. The van der Waals surface area contributed by atoms with Crippen LogP contribution in [0.2, 0.25) is 0 Å². The van der Waals surface area contributed by atoms with Gasteiger partial charge in [0.1, 0.15) is 6.50 Å². The van der Waals surface area contributed by atoms with Crippen LogP contribution in [-0.4, -0.2) is 23.5 Å². The van der Waals surface area contributed by atoms with E-state index in [2.05, 4.69) is 6.92 Å². The van der Waals surface area contributed by atoms with Gasteiger partial charge in [0.25, 0.3) is 0 Å². The predicted molar refractivity (Wildman–Crippen MR) is 95.6 cm³/mol. The van der Waals surface area contributed by atoms with E-state index >= 15 is 0 Å². The molecule has 0 unspecified atom stereocenters. The molecule has 0 aliphatic rings. The maximum absolute atomic E-state index is 11.5. The molecule has 1 amide bonds. The minimum Gasteiger partial charge on any atom is -0.480 e. The van der Waals surface area contributed by atoms with E-state index in [1.165, 1.54) is 70.6 Å². The Balaban J connectivity index is 3.31. The van der Waals surface area contributed by atoms with E-state index in [0.717, 1.165) is 12.8 Å². The summed E-state index contributed by atoms with van der Waals surface area (Å²) in [6, 6.07) is 0. The second-order valence-corrected chi connectivity index (χ2v) is 6.32. The quantitative estimate of drug-likeness (QED) is 0.367. The summed E-state index contributed by atoms with van der Waals surface area (Å²) in [6.45, 7) is -0.430.